The van der Waals surface area contributed by atoms with Crippen molar-refractivity contribution in [2.75, 3.05) is 77.4 Å². The molecule has 2 aromatic heterocycles. The fourth-order valence-corrected chi connectivity index (χ4v) is 10.2. The summed E-state index contributed by atoms with van der Waals surface area (Å²) in [6.45, 7) is -5.08. The number of cyclic esters (lactones) is 1. The summed E-state index contributed by atoms with van der Waals surface area (Å²) < 4.78 is 65.2. The van der Waals surface area contributed by atoms with Crippen molar-refractivity contribution < 1.29 is 106 Å². The number of hydrogen-bond acceptors (Lipinski definition) is 24. The van der Waals surface area contributed by atoms with Gasteiger partial charge >= 0.3 is 18.0 Å². The van der Waals surface area contributed by atoms with Crippen LogP contribution in [0.2, 0.25) is 0 Å². The molecule has 5 aliphatic heterocycles. The first kappa shape index (κ1) is 59.5. The van der Waals surface area contributed by atoms with Crippen LogP contribution in [0.3, 0.4) is 0 Å². The number of carboxylic acid groups (broad SMARTS) is 1. The normalized spacial score (nSPS) is 19.7. The number of carbonyl (C=O) groups excluding carboxylic acids is 6. The molecule has 0 saturated carbocycles. The topological polar surface area (TPSA) is 408 Å². The van der Waals surface area contributed by atoms with Crippen LogP contribution >= 0.6 is 0 Å². The van der Waals surface area contributed by atoms with E-state index in [9.17, 15) is 77.4 Å². The second-order valence-corrected chi connectivity index (χ2v) is 22.4. The summed E-state index contributed by atoms with van der Waals surface area (Å²) in [5, 5.41) is 68.8. The molecular formula is C52H57N7O23S. The van der Waals surface area contributed by atoms with Gasteiger partial charge in [-0.2, -0.15) is 0 Å². The number of nitrogens with one attached hydrogen (secondary N) is 2. The Hall–Kier alpha value is -8.14. The lowest BCUT2D eigenvalue weighted by molar-refractivity contribution is -0.228. The third-order valence-electron chi connectivity index (χ3n) is 14.3. The number of rotatable bonds is 23. The Morgan fingerprint density at radius 1 is 0.952 bits per heavy atom. The van der Waals surface area contributed by atoms with Gasteiger partial charge in [0.25, 0.3) is 17.4 Å². The number of fused-ring (bicyclic) bond motifs is 6. The third kappa shape index (κ3) is 12.9. The SMILES string of the molecule is CN(CC(=O)Nc1cc(COC(=O)N(CCS(C)(=O)=O)COCC(CO)(CO)NCc2c3c(nc4cc5c(cc24)OCO5)-c2cc4c(c(=O)n2C3)COC(=O)[C@@H]4O)ccc1O[C@H]1C[C@@H](O)[C@H](O)[C@@H](C(=O)O)O1)C(=O)CCN1C(=O)C=CC1=O. The average molecular weight is 1180 g/mol. The van der Waals surface area contributed by atoms with E-state index in [4.69, 9.17) is 38.1 Å². The third-order valence-corrected chi connectivity index (χ3v) is 15.2. The molecule has 5 amide bonds. The molecule has 444 valence electrons. The molecule has 7 heterocycles. The van der Waals surface area contributed by atoms with Crippen LogP contribution in [0, 0.1) is 0 Å². The monoisotopic (exact) mass is 1180 g/mol. The lowest BCUT2D eigenvalue weighted by Crippen LogP contribution is -2.55. The van der Waals surface area contributed by atoms with Crippen LogP contribution in [-0.2, 0) is 83.9 Å². The van der Waals surface area contributed by atoms with E-state index in [1.807, 2.05) is 0 Å². The van der Waals surface area contributed by atoms with Gasteiger partial charge in [-0.25, -0.2) is 27.8 Å². The largest absolute Gasteiger partial charge is 0.479 e. The molecule has 8 N–H and O–H groups in total. The molecule has 5 aliphatic rings. The van der Waals surface area contributed by atoms with Crippen molar-refractivity contribution in [2.45, 2.75) is 75.4 Å². The highest BCUT2D eigenvalue weighted by molar-refractivity contribution is 7.90. The minimum Gasteiger partial charge on any atom is -0.479 e. The molecule has 9 rings (SSSR count). The standard InChI is InChI=1S/C52H57N7O23S/c1-56(40(64)7-8-58-41(65)5-6-42(58)66)18-39(63)54-33-11-26(3-4-36(33)81-43-15-35(62)46(68)47(82-43)49(70)71)19-78-51(73)57(9-10-83(2,74)75)24-76-23-52(21-60,22-61)53-16-29-27-13-37-38(80-25-79-37)14-32(27)55-44-30(29)17-59-34(44)12-28-31(48(59)69)20-77-50(72)45(28)67/h3-6,11-14,35,43,45-47,53,60-62,67-68H,7-10,15-25H2,1-2H3,(H,54,63)(H,70,71)/t35-,43-,45-,46+,47+/m1/s1. The van der Waals surface area contributed by atoms with Crippen molar-refractivity contribution in [1.29, 1.82) is 0 Å². The molecule has 0 unspecified atom stereocenters. The Labute approximate surface area is 470 Å². The maximum atomic E-state index is 13.9. The maximum Gasteiger partial charge on any atom is 0.411 e. The number of aliphatic hydroxyl groups excluding tert-OH is 5. The Morgan fingerprint density at radius 2 is 1.67 bits per heavy atom. The highest BCUT2D eigenvalue weighted by Crippen LogP contribution is 2.42. The van der Waals surface area contributed by atoms with Gasteiger partial charge in [0, 0.05) is 80.5 Å². The number of hydrogen-bond donors (Lipinski definition) is 8. The first-order chi connectivity index (χ1) is 39.5. The Kier molecular flexibility index (Phi) is 17.5. The highest BCUT2D eigenvalue weighted by atomic mass is 32.2. The van der Waals surface area contributed by atoms with Crippen molar-refractivity contribution in [3.63, 3.8) is 0 Å². The van der Waals surface area contributed by atoms with Crippen molar-refractivity contribution in [3.05, 3.63) is 86.7 Å². The molecule has 2 aromatic carbocycles. The number of sulfone groups is 1. The first-order valence-corrected chi connectivity index (χ1v) is 27.6. The van der Waals surface area contributed by atoms with Crippen molar-refractivity contribution in [1.82, 2.24) is 29.6 Å². The fourth-order valence-electron chi connectivity index (χ4n) is 9.62. The molecule has 1 saturated heterocycles. The Morgan fingerprint density at radius 3 is 2.37 bits per heavy atom. The highest BCUT2D eigenvalue weighted by Gasteiger charge is 2.43. The van der Waals surface area contributed by atoms with Crippen LogP contribution in [-0.4, -0.2) is 207 Å². The number of benzene rings is 2. The van der Waals surface area contributed by atoms with E-state index in [2.05, 4.69) is 10.6 Å². The average Bonchev–Trinajstić information content (AvgIpc) is 4.31. The summed E-state index contributed by atoms with van der Waals surface area (Å²) in [5.41, 5.74) is 0.146. The zero-order chi connectivity index (χ0) is 59.7. The van der Waals surface area contributed by atoms with Gasteiger partial charge in [-0.1, -0.05) is 6.07 Å². The number of esters is 1. The van der Waals surface area contributed by atoms with Crippen LogP contribution < -0.4 is 30.4 Å². The number of anilines is 1. The zero-order valence-corrected chi connectivity index (χ0v) is 45.2. The summed E-state index contributed by atoms with van der Waals surface area (Å²) in [7, 11) is -2.42. The van der Waals surface area contributed by atoms with E-state index in [1.165, 1.54) is 35.9 Å². The number of aromatic nitrogens is 2. The summed E-state index contributed by atoms with van der Waals surface area (Å²) in [5.74, 6) is -5.11. The van der Waals surface area contributed by atoms with E-state index in [1.54, 1.807) is 12.1 Å². The number of amides is 5. The van der Waals surface area contributed by atoms with Crippen LogP contribution in [0.15, 0.2) is 53.3 Å². The number of imide groups is 1. The smallest absolute Gasteiger partial charge is 0.411 e. The number of carboxylic acids is 1. The minimum atomic E-state index is -3.71. The second kappa shape index (κ2) is 24.4. The molecule has 1 fully saturated rings. The predicted molar refractivity (Wildman–Crippen MR) is 279 cm³/mol. The van der Waals surface area contributed by atoms with E-state index in [0.717, 1.165) is 33.1 Å². The summed E-state index contributed by atoms with van der Waals surface area (Å²) >= 11 is 0. The Balaban J connectivity index is 0.899. The van der Waals surface area contributed by atoms with Crippen LogP contribution in [0.5, 0.6) is 17.2 Å². The number of aliphatic carboxylic acids is 1. The van der Waals surface area contributed by atoms with Gasteiger partial charge in [0.2, 0.25) is 24.9 Å². The first-order valence-electron chi connectivity index (χ1n) is 25.6. The molecule has 83 heavy (non-hydrogen) atoms. The van der Waals surface area contributed by atoms with Crippen molar-refractivity contribution in [2.24, 2.45) is 0 Å². The van der Waals surface area contributed by atoms with Gasteiger partial charge in [-0.05, 0) is 35.4 Å². The quantitative estimate of drug-likeness (QED) is 0.0194. The lowest BCUT2D eigenvalue weighted by atomic mass is 9.97. The van der Waals surface area contributed by atoms with E-state index < -0.39 is 152 Å². The van der Waals surface area contributed by atoms with Gasteiger partial charge in [0.1, 0.15) is 41.6 Å². The Bertz CT molecular complexity index is 3480. The van der Waals surface area contributed by atoms with Crippen molar-refractivity contribution in [3.8, 4) is 28.6 Å². The molecule has 0 spiro atoms. The van der Waals surface area contributed by atoms with Crippen LogP contribution in [0.4, 0.5) is 10.5 Å². The minimum absolute atomic E-state index is 0.0160. The molecule has 0 radical (unpaired) electrons. The van der Waals surface area contributed by atoms with E-state index in [-0.39, 0.29) is 67.6 Å². The lowest BCUT2D eigenvalue weighted by Gasteiger charge is -2.35. The number of carbonyl (C=O) groups is 7. The number of ether oxygens (including phenoxy) is 7. The van der Waals surface area contributed by atoms with Gasteiger partial charge < -0.3 is 83.9 Å². The molecule has 30 nitrogen and oxygen atoms in total. The maximum absolute atomic E-state index is 13.9. The number of pyridine rings is 2. The number of likely N-dealkylation sites (N-methyl/N-ethyl adjacent to an activating group) is 1. The molecule has 31 heteroatoms. The van der Waals surface area contributed by atoms with Gasteiger partial charge in [-0.15, -0.1) is 0 Å². The zero-order valence-electron chi connectivity index (χ0n) is 44.4. The summed E-state index contributed by atoms with van der Waals surface area (Å²) in [4.78, 5) is 110. The number of aliphatic hydroxyl groups is 5. The van der Waals surface area contributed by atoms with Gasteiger partial charge in [0.15, 0.2) is 23.7 Å². The molecule has 4 aromatic rings. The van der Waals surface area contributed by atoms with Crippen LogP contribution in [0.1, 0.15) is 46.8 Å². The van der Waals surface area contributed by atoms with E-state index >= 15 is 0 Å². The fraction of sp³-hybridized carbons (Fsp3) is 0.442. The van der Waals surface area contributed by atoms with E-state index in [0.29, 0.717) is 44.9 Å². The molecule has 0 bridgehead atoms. The summed E-state index contributed by atoms with van der Waals surface area (Å²) in [6, 6.07) is 8.76. The van der Waals surface area contributed by atoms with Crippen molar-refractivity contribution >= 4 is 68.1 Å². The predicted octanol–water partition coefficient (Wildman–Crippen LogP) is -2.27. The molecular weight excluding hydrogens is 1120 g/mol. The number of nitrogens with zero attached hydrogens (tertiary/aromatic N) is 5. The van der Waals surface area contributed by atoms with Gasteiger partial charge in [-0.3, -0.25) is 33.8 Å². The van der Waals surface area contributed by atoms with Crippen LogP contribution in [0.25, 0.3) is 22.3 Å². The molecule has 5 atom stereocenters. The second-order valence-electron chi connectivity index (χ2n) is 20.2. The molecule has 0 aliphatic carbocycles. The summed E-state index contributed by atoms with van der Waals surface area (Å²) in [6.07, 6.45) is -7.30. The van der Waals surface area contributed by atoms with Gasteiger partial charge in [0.05, 0.1) is 78.5 Å².